The molecule has 0 amide bonds. The Balaban J connectivity index is 0.000000112. The van der Waals surface area contributed by atoms with Gasteiger partial charge in [-0.25, -0.2) is 0 Å². The number of thioether (sulfide) groups is 1. The van der Waals surface area contributed by atoms with Gasteiger partial charge in [0.2, 0.25) is 0 Å². The standard InChI is InChI=1S/C5H10S.C5H8/c1-2-4-6-5-3-1;1-2-4-5-3-1/h1-5H2;1-2H,3-5H2. The third kappa shape index (κ3) is 5.37. The summed E-state index contributed by atoms with van der Waals surface area (Å²) in [5.41, 5.74) is 0. The zero-order valence-corrected chi connectivity index (χ0v) is 8.04. The Morgan fingerprint density at radius 1 is 0.727 bits per heavy atom. The second-order valence-electron chi connectivity index (χ2n) is 3.08. The molecule has 0 bridgehead atoms. The molecule has 1 aliphatic carbocycles. The van der Waals surface area contributed by atoms with Gasteiger partial charge in [-0.3, -0.25) is 0 Å². The van der Waals surface area contributed by atoms with Crippen LogP contribution in [0.2, 0.25) is 0 Å². The van der Waals surface area contributed by atoms with Crippen molar-refractivity contribution < 1.29 is 0 Å². The third-order valence-corrected chi connectivity index (χ3v) is 3.14. The third-order valence-electron chi connectivity index (χ3n) is 1.99. The summed E-state index contributed by atoms with van der Waals surface area (Å²) in [5, 5.41) is 0. The molecule has 2 aliphatic rings. The molecular formula is C10H18S. The van der Waals surface area contributed by atoms with Crippen molar-refractivity contribution in [1.29, 1.82) is 0 Å². The van der Waals surface area contributed by atoms with Gasteiger partial charge in [0.05, 0.1) is 0 Å². The first-order valence-corrected chi connectivity index (χ1v) is 5.88. The van der Waals surface area contributed by atoms with Crippen molar-refractivity contribution in [1.82, 2.24) is 0 Å². The van der Waals surface area contributed by atoms with Crippen LogP contribution < -0.4 is 0 Å². The predicted molar refractivity (Wildman–Crippen MR) is 54.2 cm³/mol. The van der Waals surface area contributed by atoms with E-state index in [0.29, 0.717) is 0 Å². The summed E-state index contributed by atoms with van der Waals surface area (Å²) in [4.78, 5) is 0. The Kier molecular flexibility index (Phi) is 5.66. The van der Waals surface area contributed by atoms with Crippen LogP contribution in [0.25, 0.3) is 0 Å². The van der Waals surface area contributed by atoms with Crippen molar-refractivity contribution in [2.45, 2.75) is 38.5 Å². The van der Waals surface area contributed by atoms with Crippen molar-refractivity contribution in [2.24, 2.45) is 0 Å². The van der Waals surface area contributed by atoms with Gasteiger partial charge in [0.15, 0.2) is 0 Å². The molecule has 0 nitrogen and oxygen atoms in total. The highest BCUT2D eigenvalue weighted by atomic mass is 32.2. The summed E-state index contributed by atoms with van der Waals surface area (Å²) in [6, 6.07) is 0. The largest absolute Gasteiger partial charge is 0.162 e. The Labute approximate surface area is 74.5 Å². The van der Waals surface area contributed by atoms with Crippen LogP contribution in [0.15, 0.2) is 12.2 Å². The zero-order valence-electron chi connectivity index (χ0n) is 7.22. The average Bonchev–Trinajstić information content (AvgIpc) is 2.64. The summed E-state index contributed by atoms with van der Waals surface area (Å²) in [6.07, 6.45) is 12.9. The maximum absolute atomic E-state index is 2.24. The van der Waals surface area contributed by atoms with E-state index in [1.54, 1.807) is 0 Å². The Morgan fingerprint density at radius 2 is 1.36 bits per heavy atom. The van der Waals surface area contributed by atoms with Gasteiger partial charge in [0, 0.05) is 0 Å². The van der Waals surface area contributed by atoms with Crippen LogP contribution in [0.1, 0.15) is 38.5 Å². The monoisotopic (exact) mass is 170 g/mol. The predicted octanol–water partition coefficient (Wildman–Crippen LogP) is 3.63. The molecule has 0 saturated carbocycles. The summed E-state index contributed by atoms with van der Waals surface area (Å²) in [6.45, 7) is 0. The molecular weight excluding hydrogens is 152 g/mol. The summed E-state index contributed by atoms with van der Waals surface area (Å²) in [5.74, 6) is 2.83. The molecule has 64 valence electrons. The topological polar surface area (TPSA) is 0 Å². The molecule has 0 unspecified atom stereocenters. The molecule has 1 heteroatoms. The van der Waals surface area contributed by atoms with E-state index in [-0.39, 0.29) is 0 Å². The van der Waals surface area contributed by atoms with E-state index in [1.165, 1.54) is 50.0 Å². The van der Waals surface area contributed by atoms with E-state index >= 15 is 0 Å². The second kappa shape index (κ2) is 6.78. The van der Waals surface area contributed by atoms with Crippen LogP contribution in [0.3, 0.4) is 0 Å². The molecule has 0 spiro atoms. The molecule has 1 saturated heterocycles. The number of rotatable bonds is 0. The second-order valence-corrected chi connectivity index (χ2v) is 4.30. The van der Waals surface area contributed by atoms with Gasteiger partial charge in [0.25, 0.3) is 0 Å². The molecule has 2 rings (SSSR count). The van der Waals surface area contributed by atoms with Gasteiger partial charge in [0.1, 0.15) is 0 Å². The zero-order chi connectivity index (χ0) is 7.78. The van der Waals surface area contributed by atoms with Gasteiger partial charge in [-0.1, -0.05) is 18.6 Å². The highest BCUT2D eigenvalue weighted by molar-refractivity contribution is 7.99. The van der Waals surface area contributed by atoms with Crippen molar-refractivity contribution in [3.05, 3.63) is 12.2 Å². The fourth-order valence-electron chi connectivity index (χ4n) is 1.28. The van der Waals surface area contributed by atoms with Gasteiger partial charge >= 0.3 is 0 Å². The summed E-state index contributed by atoms with van der Waals surface area (Å²) >= 11 is 2.09. The lowest BCUT2D eigenvalue weighted by Crippen LogP contribution is -1.91. The van der Waals surface area contributed by atoms with Gasteiger partial charge in [-0.15, -0.1) is 0 Å². The minimum Gasteiger partial charge on any atom is -0.162 e. The highest BCUT2D eigenvalue weighted by Gasteiger charge is 1.95. The van der Waals surface area contributed by atoms with Gasteiger partial charge in [-0.2, -0.15) is 11.8 Å². The van der Waals surface area contributed by atoms with E-state index in [1.807, 2.05) is 0 Å². The van der Waals surface area contributed by atoms with Crippen LogP contribution in [0.4, 0.5) is 0 Å². The van der Waals surface area contributed by atoms with Gasteiger partial charge < -0.3 is 0 Å². The maximum atomic E-state index is 2.24. The molecule has 0 radical (unpaired) electrons. The van der Waals surface area contributed by atoms with Crippen molar-refractivity contribution >= 4 is 11.8 Å². The molecule has 1 fully saturated rings. The first kappa shape index (κ1) is 9.18. The Morgan fingerprint density at radius 3 is 1.55 bits per heavy atom. The van der Waals surface area contributed by atoms with E-state index in [4.69, 9.17) is 0 Å². The lowest BCUT2D eigenvalue weighted by atomic mass is 10.3. The first-order chi connectivity index (χ1) is 5.50. The molecule has 0 atom stereocenters. The average molecular weight is 170 g/mol. The number of hydrogen-bond donors (Lipinski definition) is 0. The smallest absolute Gasteiger partial charge is 0.00675 e. The first-order valence-electron chi connectivity index (χ1n) is 4.73. The van der Waals surface area contributed by atoms with Gasteiger partial charge in [-0.05, 0) is 43.6 Å². The van der Waals surface area contributed by atoms with E-state index < -0.39 is 0 Å². The van der Waals surface area contributed by atoms with Crippen LogP contribution in [0.5, 0.6) is 0 Å². The van der Waals surface area contributed by atoms with Crippen LogP contribution in [-0.4, -0.2) is 11.5 Å². The number of allylic oxidation sites excluding steroid dienone is 2. The van der Waals surface area contributed by atoms with Crippen LogP contribution in [-0.2, 0) is 0 Å². The number of hydrogen-bond acceptors (Lipinski definition) is 1. The lowest BCUT2D eigenvalue weighted by molar-refractivity contribution is 0.764. The maximum Gasteiger partial charge on any atom is -0.00675 e. The van der Waals surface area contributed by atoms with E-state index in [9.17, 15) is 0 Å². The Bertz CT molecular complexity index is 85.9. The van der Waals surface area contributed by atoms with Crippen molar-refractivity contribution in [3.63, 3.8) is 0 Å². The molecule has 1 aliphatic heterocycles. The minimum absolute atomic E-state index is 1.32. The molecule has 0 N–H and O–H groups in total. The fourth-order valence-corrected chi connectivity index (χ4v) is 2.30. The molecule has 0 aromatic heterocycles. The lowest BCUT2D eigenvalue weighted by Gasteiger charge is -2.05. The minimum atomic E-state index is 1.32. The summed E-state index contributed by atoms with van der Waals surface area (Å²) < 4.78 is 0. The van der Waals surface area contributed by atoms with E-state index in [2.05, 4.69) is 23.9 Å². The van der Waals surface area contributed by atoms with Crippen molar-refractivity contribution in [2.75, 3.05) is 11.5 Å². The highest BCUT2D eigenvalue weighted by Crippen LogP contribution is 2.14. The van der Waals surface area contributed by atoms with Crippen LogP contribution >= 0.6 is 11.8 Å². The normalized spacial score (nSPS) is 22.5. The van der Waals surface area contributed by atoms with Crippen molar-refractivity contribution in [3.8, 4) is 0 Å². The molecule has 0 aromatic rings. The molecule has 1 heterocycles. The van der Waals surface area contributed by atoms with Crippen LogP contribution in [0, 0.1) is 0 Å². The molecule has 0 aromatic carbocycles. The van der Waals surface area contributed by atoms with E-state index in [0.717, 1.165) is 0 Å². The SMILES string of the molecule is C1=CCCC1.C1CCSCC1. The Hall–Kier alpha value is 0.0900. The fraction of sp³-hybridized carbons (Fsp3) is 0.800. The quantitative estimate of drug-likeness (QED) is 0.500. The molecule has 11 heavy (non-hydrogen) atoms. The summed E-state index contributed by atoms with van der Waals surface area (Å²) in [7, 11) is 0.